The predicted octanol–water partition coefficient (Wildman–Crippen LogP) is 2.14. The van der Waals surface area contributed by atoms with Gasteiger partial charge in [-0.3, -0.25) is 4.79 Å². The Morgan fingerprint density at radius 3 is 2.70 bits per heavy atom. The van der Waals surface area contributed by atoms with Gasteiger partial charge in [0.2, 0.25) is 0 Å². The fraction of sp³-hybridized carbons (Fsp3) is 0.133. The number of nitrogens with zero attached hydrogens (tertiary/aromatic N) is 5. The minimum atomic E-state index is -0.579. The molecule has 8 heteroatoms. The van der Waals surface area contributed by atoms with Crippen molar-refractivity contribution in [2.45, 2.75) is 12.5 Å². The monoisotopic (exact) mass is 328 g/mol. The summed E-state index contributed by atoms with van der Waals surface area (Å²) in [5, 5.41) is 14.3. The fourth-order valence-electron chi connectivity index (χ4n) is 2.11. The molecule has 0 aliphatic rings. The fourth-order valence-corrected chi connectivity index (χ4v) is 2.23. The molecule has 3 aromatic rings. The lowest BCUT2D eigenvalue weighted by Crippen LogP contribution is -2.28. The van der Waals surface area contributed by atoms with E-state index >= 15 is 0 Å². The van der Waals surface area contributed by atoms with Gasteiger partial charge in [-0.25, -0.2) is 9.67 Å². The highest BCUT2D eigenvalue weighted by molar-refractivity contribution is 6.30. The summed E-state index contributed by atoms with van der Waals surface area (Å²) >= 11 is 5.79. The Kier molecular flexibility index (Phi) is 4.58. The lowest BCUT2D eigenvalue weighted by Gasteiger charge is -2.16. The maximum Gasteiger partial charge on any atom is 0.250 e. The van der Waals surface area contributed by atoms with Crippen molar-refractivity contribution in [2.75, 3.05) is 5.32 Å². The zero-order valence-corrected chi connectivity index (χ0v) is 12.8. The standard InChI is InChI=1S/C15H13ClN6O/c16-12-6-7-14(17-9-12)19-15(23)13(22-10-18-20-21-22)8-11-4-2-1-3-5-11/h1-7,9-10,13H,8H2,(H,17,19,23). The summed E-state index contributed by atoms with van der Waals surface area (Å²) in [4.78, 5) is 16.7. The molecule has 7 nitrogen and oxygen atoms in total. The molecule has 0 aliphatic carbocycles. The van der Waals surface area contributed by atoms with Crippen LogP contribution in [0, 0.1) is 0 Å². The van der Waals surface area contributed by atoms with Crippen molar-refractivity contribution < 1.29 is 4.79 Å². The Balaban J connectivity index is 1.80. The van der Waals surface area contributed by atoms with Gasteiger partial charge < -0.3 is 5.32 Å². The van der Waals surface area contributed by atoms with Crippen molar-refractivity contribution in [3.05, 3.63) is 65.6 Å². The van der Waals surface area contributed by atoms with Crippen LogP contribution in [0.4, 0.5) is 5.82 Å². The Morgan fingerprint density at radius 1 is 1.22 bits per heavy atom. The van der Waals surface area contributed by atoms with E-state index in [4.69, 9.17) is 11.6 Å². The average molecular weight is 329 g/mol. The second-order valence-corrected chi connectivity index (χ2v) is 5.28. The maximum atomic E-state index is 12.6. The zero-order valence-electron chi connectivity index (χ0n) is 12.0. The summed E-state index contributed by atoms with van der Waals surface area (Å²) in [6.45, 7) is 0. The normalized spacial score (nSPS) is 11.9. The average Bonchev–Trinajstić information content (AvgIpc) is 3.10. The minimum Gasteiger partial charge on any atom is -0.309 e. The van der Waals surface area contributed by atoms with E-state index in [2.05, 4.69) is 25.8 Å². The van der Waals surface area contributed by atoms with Crippen LogP contribution in [0.2, 0.25) is 5.02 Å². The van der Waals surface area contributed by atoms with Crippen LogP contribution in [0.15, 0.2) is 55.0 Å². The molecule has 0 radical (unpaired) electrons. The van der Waals surface area contributed by atoms with E-state index in [9.17, 15) is 4.79 Å². The van der Waals surface area contributed by atoms with Crippen molar-refractivity contribution in [1.82, 2.24) is 25.2 Å². The number of anilines is 1. The lowest BCUT2D eigenvalue weighted by atomic mass is 10.1. The van der Waals surface area contributed by atoms with Crippen LogP contribution in [0.3, 0.4) is 0 Å². The topological polar surface area (TPSA) is 85.6 Å². The number of tetrazole rings is 1. The molecular formula is C15H13ClN6O. The first-order valence-corrected chi connectivity index (χ1v) is 7.29. The molecule has 0 spiro atoms. The number of halogens is 1. The Morgan fingerprint density at radius 2 is 2.04 bits per heavy atom. The highest BCUT2D eigenvalue weighted by Gasteiger charge is 2.22. The third kappa shape index (κ3) is 3.89. The molecule has 0 aliphatic heterocycles. The molecule has 1 unspecified atom stereocenters. The molecule has 0 fully saturated rings. The summed E-state index contributed by atoms with van der Waals surface area (Å²) in [6, 6.07) is 12.4. The Bertz CT molecular complexity index is 760. The van der Waals surface area contributed by atoms with Crippen molar-refractivity contribution >= 4 is 23.3 Å². The van der Waals surface area contributed by atoms with Crippen LogP contribution in [-0.2, 0) is 11.2 Å². The molecule has 1 amide bonds. The van der Waals surface area contributed by atoms with Crippen molar-refractivity contribution in [2.24, 2.45) is 0 Å². The van der Waals surface area contributed by atoms with Crippen molar-refractivity contribution in [3.8, 4) is 0 Å². The number of pyridine rings is 1. The quantitative estimate of drug-likeness (QED) is 0.775. The van der Waals surface area contributed by atoms with E-state index in [1.807, 2.05) is 30.3 Å². The first-order valence-electron chi connectivity index (χ1n) is 6.91. The summed E-state index contributed by atoms with van der Waals surface area (Å²) in [5.41, 5.74) is 1.01. The van der Waals surface area contributed by atoms with E-state index in [1.165, 1.54) is 17.2 Å². The summed E-state index contributed by atoms with van der Waals surface area (Å²) < 4.78 is 1.43. The molecule has 0 bridgehead atoms. The molecule has 0 saturated carbocycles. The number of carbonyl (C=O) groups excluding carboxylic acids is 1. The SMILES string of the molecule is O=C(Nc1ccc(Cl)cn1)C(Cc1ccccc1)n1cnnn1. The number of carbonyl (C=O) groups is 1. The first kappa shape index (κ1) is 15.1. The van der Waals surface area contributed by atoms with Gasteiger partial charge in [0, 0.05) is 12.6 Å². The highest BCUT2D eigenvalue weighted by Crippen LogP contribution is 2.16. The summed E-state index contributed by atoms with van der Waals surface area (Å²) in [7, 11) is 0. The van der Waals surface area contributed by atoms with Gasteiger partial charge in [-0.1, -0.05) is 41.9 Å². The first-order chi connectivity index (χ1) is 11.2. The van der Waals surface area contributed by atoms with Gasteiger partial charge in [-0.15, -0.1) is 5.10 Å². The van der Waals surface area contributed by atoms with E-state index in [0.29, 0.717) is 17.3 Å². The maximum absolute atomic E-state index is 12.6. The van der Waals surface area contributed by atoms with E-state index in [-0.39, 0.29) is 5.91 Å². The Labute approximate surface area is 137 Å². The molecular weight excluding hydrogens is 316 g/mol. The molecule has 2 heterocycles. The second-order valence-electron chi connectivity index (χ2n) is 4.85. The molecule has 1 aromatic carbocycles. The molecule has 2 aromatic heterocycles. The number of rotatable bonds is 5. The smallest absolute Gasteiger partial charge is 0.250 e. The van der Waals surface area contributed by atoms with Gasteiger partial charge >= 0.3 is 0 Å². The highest BCUT2D eigenvalue weighted by atomic mass is 35.5. The third-order valence-corrected chi connectivity index (χ3v) is 3.46. The molecule has 116 valence electrons. The van der Waals surface area contributed by atoms with Crippen LogP contribution in [0.5, 0.6) is 0 Å². The minimum absolute atomic E-state index is 0.254. The van der Waals surface area contributed by atoms with Gasteiger partial charge in [0.1, 0.15) is 18.2 Å². The number of amides is 1. The number of hydrogen-bond acceptors (Lipinski definition) is 5. The molecule has 3 rings (SSSR count). The molecule has 0 saturated heterocycles. The van der Waals surface area contributed by atoms with Crippen LogP contribution in [0.25, 0.3) is 0 Å². The number of nitrogens with one attached hydrogen (secondary N) is 1. The summed E-state index contributed by atoms with van der Waals surface area (Å²) in [6.07, 6.45) is 3.36. The number of aromatic nitrogens is 5. The van der Waals surface area contributed by atoms with Crippen molar-refractivity contribution in [3.63, 3.8) is 0 Å². The number of hydrogen-bond donors (Lipinski definition) is 1. The largest absolute Gasteiger partial charge is 0.309 e. The third-order valence-electron chi connectivity index (χ3n) is 3.24. The predicted molar refractivity (Wildman–Crippen MR) is 84.9 cm³/mol. The van der Waals surface area contributed by atoms with Crippen LogP contribution < -0.4 is 5.32 Å². The van der Waals surface area contributed by atoms with Gasteiger partial charge in [0.15, 0.2) is 0 Å². The van der Waals surface area contributed by atoms with Crippen LogP contribution >= 0.6 is 11.6 Å². The Hall–Kier alpha value is -2.80. The van der Waals surface area contributed by atoms with Gasteiger partial charge in [-0.05, 0) is 28.1 Å². The molecule has 1 atom stereocenters. The van der Waals surface area contributed by atoms with E-state index < -0.39 is 6.04 Å². The van der Waals surface area contributed by atoms with Gasteiger partial charge in [0.25, 0.3) is 5.91 Å². The van der Waals surface area contributed by atoms with Crippen LogP contribution in [-0.4, -0.2) is 31.1 Å². The summed E-state index contributed by atoms with van der Waals surface area (Å²) in [5.74, 6) is 0.168. The van der Waals surface area contributed by atoms with E-state index in [0.717, 1.165) is 5.56 Å². The lowest BCUT2D eigenvalue weighted by molar-refractivity contribution is -0.119. The molecule has 1 N–H and O–H groups in total. The van der Waals surface area contributed by atoms with Crippen molar-refractivity contribution in [1.29, 1.82) is 0 Å². The van der Waals surface area contributed by atoms with E-state index in [1.54, 1.807) is 12.1 Å². The zero-order chi connectivity index (χ0) is 16.1. The van der Waals surface area contributed by atoms with Gasteiger partial charge in [0.05, 0.1) is 5.02 Å². The van der Waals surface area contributed by atoms with Crippen LogP contribution in [0.1, 0.15) is 11.6 Å². The number of benzene rings is 1. The molecule has 23 heavy (non-hydrogen) atoms. The van der Waals surface area contributed by atoms with Gasteiger partial charge in [-0.2, -0.15) is 0 Å². The second kappa shape index (κ2) is 6.97.